The van der Waals surface area contributed by atoms with E-state index in [1.54, 1.807) is 17.5 Å². The Kier molecular flexibility index (Phi) is 6.48. The van der Waals surface area contributed by atoms with Gasteiger partial charge in [-0.2, -0.15) is 0 Å². The summed E-state index contributed by atoms with van der Waals surface area (Å²) in [5.74, 6) is 4.07. The second-order valence-corrected chi connectivity index (χ2v) is 9.52. The Morgan fingerprint density at radius 2 is 1.96 bits per heavy atom. The number of para-hydroxylation sites is 1. The molecule has 0 spiro atoms. The van der Waals surface area contributed by atoms with E-state index in [2.05, 4.69) is 17.3 Å². The maximum Gasteiger partial charge on any atom is 0.0764 e. The summed E-state index contributed by atoms with van der Waals surface area (Å²) in [6.07, 6.45) is 3.22. The molecule has 4 nitrogen and oxygen atoms in total. The maximum absolute atomic E-state index is 13.6. The van der Waals surface area contributed by atoms with E-state index in [1.165, 1.54) is 0 Å². The predicted octanol–water partition coefficient (Wildman–Crippen LogP) is 4.28. The van der Waals surface area contributed by atoms with E-state index in [4.69, 9.17) is 16.3 Å². The van der Waals surface area contributed by atoms with Crippen molar-refractivity contribution < 1.29 is 8.95 Å². The minimum atomic E-state index is -2.68. The lowest BCUT2D eigenvalue weighted by Gasteiger charge is -2.24. The van der Waals surface area contributed by atoms with Crippen LogP contribution in [0.1, 0.15) is 36.4 Å². The third kappa shape index (κ3) is 4.16. The molecule has 6 heteroatoms. The van der Waals surface area contributed by atoms with Crippen molar-refractivity contribution in [2.45, 2.75) is 30.2 Å². The van der Waals surface area contributed by atoms with Crippen LogP contribution in [-0.2, 0) is 14.4 Å². The Bertz CT molecular complexity index is 899. The third-order valence-corrected chi connectivity index (χ3v) is 7.39. The van der Waals surface area contributed by atoms with Gasteiger partial charge in [-0.15, -0.1) is 0 Å². The Morgan fingerprint density at radius 3 is 2.74 bits per heavy atom. The summed E-state index contributed by atoms with van der Waals surface area (Å²) in [6, 6.07) is 13.7. The number of hydrogen-bond acceptors (Lipinski definition) is 3. The fourth-order valence-corrected chi connectivity index (χ4v) is 5.41. The van der Waals surface area contributed by atoms with Crippen LogP contribution < -0.4 is 9.62 Å². The molecule has 0 radical (unpaired) electrons. The summed E-state index contributed by atoms with van der Waals surface area (Å²) < 4.78 is 20.5. The molecule has 1 N–H and O–H groups in total. The van der Waals surface area contributed by atoms with Crippen molar-refractivity contribution in [2.75, 3.05) is 31.6 Å². The Balaban J connectivity index is 1.98. The second-order valence-electron chi connectivity index (χ2n) is 6.82. The van der Waals surface area contributed by atoms with Crippen LogP contribution in [-0.4, -0.2) is 37.4 Å². The molecule has 0 saturated heterocycles. The molecule has 0 aromatic heterocycles. The normalized spacial score (nSPS) is 21.4. The van der Waals surface area contributed by atoms with Gasteiger partial charge in [-0.25, -0.2) is 4.21 Å². The van der Waals surface area contributed by atoms with E-state index in [1.807, 2.05) is 37.4 Å². The van der Waals surface area contributed by atoms with E-state index < -0.39 is 9.71 Å². The van der Waals surface area contributed by atoms with Gasteiger partial charge in [0, 0.05) is 25.8 Å². The molecule has 146 valence electrons. The lowest BCUT2D eigenvalue weighted by Crippen LogP contribution is -2.26. The summed E-state index contributed by atoms with van der Waals surface area (Å²) >= 11 is 6.24. The molecule has 3 rings (SSSR count). The third-order valence-electron chi connectivity index (χ3n) is 5.03. The average molecular weight is 407 g/mol. The highest BCUT2D eigenvalue weighted by molar-refractivity contribution is 8.01. The van der Waals surface area contributed by atoms with Crippen LogP contribution in [0.15, 0.2) is 47.4 Å². The van der Waals surface area contributed by atoms with Crippen LogP contribution in [0.25, 0.3) is 0 Å². The lowest BCUT2D eigenvalue weighted by atomic mass is 9.96. The molecule has 0 aliphatic carbocycles. The zero-order valence-corrected chi connectivity index (χ0v) is 17.5. The van der Waals surface area contributed by atoms with E-state index in [-0.39, 0.29) is 6.04 Å². The SMILES string of the molecule is C=S1(=O)c2cc(Cl)ccc2C(NCCCCCOC)c2ccccc2N1C. The molecule has 2 aromatic carbocycles. The van der Waals surface area contributed by atoms with Crippen molar-refractivity contribution in [3.8, 4) is 0 Å². The highest BCUT2D eigenvalue weighted by atomic mass is 35.5. The lowest BCUT2D eigenvalue weighted by molar-refractivity contribution is 0.192. The minimum absolute atomic E-state index is 0.0524. The van der Waals surface area contributed by atoms with Gasteiger partial charge in [0.15, 0.2) is 0 Å². The average Bonchev–Trinajstić information content (AvgIpc) is 2.73. The first kappa shape index (κ1) is 20.2. The summed E-state index contributed by atoms with van der Waals surface area (Å²) in [7, 11) is 0.895. The Morgan fingerprint density at radius 1 is 1.19 bits per heavy atom. The van der Waals surface area contributed by atoms with Crippen molar-refractivity contribution >= 4 is 32.9 Å². The van der Waals surface area contributed by atoms with Gasteiger partial charge in [-0.3, -0.25) is 4.31 Å². The van der Waals surface area contributed by atoms with Crippen LogP contribution in [0.5, 0.6) is 0 Å². The summed E-state index contributed by atoms with van der Waals surface area (Å²) in [6.45, 7) is 1.66. The number of rotatable bonds is 7. The molecule has 1 heterocycles. The quantitative estimate of drug-likeness (QED) is 0.551. The highest BCUT2D eigenvalue weighted by Gasteiger charge is 2.31. The molecule has 1 aliphatic rings. The van der Waals surface area contributed by atoms with Gasteiger partial charge in [0.2, 0.25) is 0 Å². The topological polar surface area (TPSA) is 41.6 Å². The number of ether oxygens (including phenoxy) is 1. The molecule has 0 saturated carbocycles. The van der Waals surface area contributed by atoms with Gasteiger partial charge in [0.25, 0.3) is 0 Å². The first-order valence-corrected chi connectivity index (χ1v) is 11.2. The molecule has 1 aliphatic heterocycles. The fraction of sp³-hybridized carbons (Fsp3) is 0.381. The summed E-state index contributed by atoms with van der Waals surface area (Å²) in [5, 5.41) is 4.24. The largest absolute Gasteiger partial charge is 0.385 e. The smallest absolute Gasteiger partial charge is 0.0764 e. The van der Waals surface area contributed by atoms with Crippen molar-refractivity contribution in [1.82, 2.24) is 5.32 Å². The van der Waals surface area contributed by atoms with E-state index in [0.717, 1.165) is 49.2 Å². The van der Waals surface area contributed by atoms with Crippen molar-refractivity contribution in [1.29, 1.82) is 0 Å². The van der Waals surface area contributed by atoms with Gasteiger partial charge in [-0.05, 0) is 61.0 Å². The zero-order chi connectivity index (χ0) is 19.4. The number of anilines is 1. The molecule has 0 amide bonds. The molecule has 0 bridgehead atoms. The van der Waals surface area contributed by atoms with Crippen LogP contribution in [0.3, 0.4) is 0 Å². The minimum Gasteiger partial charge on any atom is -0.385 e. The van der Waals surface area contributed by atoms with Gasteiger partial charge in [-0.1, -0.05) is 35.9 Å². The highest BCUT2D eigenvalue weighted by Crippen LogP contribution is 2.40. The summed E-state index contributed by atoms with van der Waals surface area (Å²) in [4.78, 5) is 0.700. The second kappa shape index (κ2) is 8.65. The van der Waals surface area contributed by atoms with Gasteiger partial charge in [0.1, 0.15) is 0 Å². The number of nitrogens with one attached hydrogen (secondary N) is 1. The number of halogens is 1. The number of hydrogen-bond donors (Lipinski definition) is 1. The molecule has 2 aromatic rings. The van der Waals surface area contributed by atoms with Crippen LogP contribution in [0.2, 0.25) is 5.02 Å². The number of unbranched alkanes of at least 4 members (excludes halogenated alkanes) is 2. The maximum atomic E-state index is 13.6. The summed E-state index contributed by atoms with van der Waals surface area (Å²) in [5.41, 5.74) is 3.02. The van der Waals surface area contributed by atoms with Crippen molar-refractivity contribution in [3.05, 3.63) is 58.6 Å². The molecule has 0 fully saturated rings. The van der Waals surface area contributed by atoms with Crippen LogP contribution in [0.4, 0.5) is 5.69 Å². The van der Waals surface area contributed by atoms with E-state index >= 15 is 0 Å². The Hall–Kier alpha value is -1.53. The van der Waals surface area contributed by atoms with Crippen molar-refractivity contribution in [2.24, 2.45) is 0 Å². The first-order chi connectivity index (χ1) is 13.0. The molecule has 2 atom stereocenters. The van der Waals surface area contributed by atoms with Crippen molar-refractivity contribution in [3.63, 3.8) is 0 Å². The fourth-order valence-electron chi connectivity index (χ4n) is 3.53. The molecular formula is C21H27ClN2O2S. The van der Waals surface area contributed by atoms with E-state index in [9.17, 15) is 4.21 Å². The van der Waals surface area contributed by atoms with Gasteiger partial charge in [0.05, 0.1) is 26.3 Å². The molecule has 27 heavy (non-hydrogen) atoms. The van der Waals surface area contributed by atoms with Gasteiger partial charge < -0.3 is 10.1 Å². The predicted molar refractivity (Wildman–Crippen MR) is 115 cm³/mol. The Labute approximate surface area is 167 Å². The number of fused-ring (bicyclic) bond motifs is 2. The zero-order valence-electron chi connectivity index (χ0n) is 15.9. The van der Waals surface area contributed by atoms with E-state index in [0.29, 0.717) is 9.92 Å². The number of benzene rings is 2. The molecular weight excluding hydrogens is 380 g/mol. The monoisotopic (exact) mass is 406 g/mol. The molecule has 2 unspecified atom stereocenters. The standard InChI is InChI=1S/C21H27ClN2O2S/c1-24-19-10-6-5-9-17(19)21(23-13-7-4-8-14-26-2)18-12-11-16(22)15-20(18)27(24,3)25/h5-6,9-12,15,21,23H,3-4,7-8,13-14H2,1-2H3. The van der Waals surface area contributed by atoms with Crippen LogP contribution in [0, 0.1) is 0 Å². The number of nitrogens with zero attached hydrogens (tertiary/aromatic N) is 1. The first-order valence-electron chi connectivity index (χ1n) is 9.18. The van der Waals surface area contributed by atoms with Crippen LogP contribution >= 0.6 is 11.6 Å². The number of methoxy groups -OCH3 is 1. The van der Waals surface area contributed by atoms with Gasteiger partial charge >= 0.3 is 0 Å².